The highest BCUT2D eigenvalue weighted by Crippen LogP contribution is 2.15. The van der Waals surface area contributed by atoms with Crippen molar-refractivity contribution in [3.05, 3.63) is 0 Å². The van der Waals surface area contributed by atoms with Crippen molar-refractivity contribution in [2.45, 2.75) is 32.2 Å². The first-order chi connectivity index (χ1) is 6.38. The second kappa shape index (κ2) is 6.01. The maximum absolute atomic E-state index is 5.47. The van der Waals surface area contributed by atoms with E-state index in [1.54, 1.807) is 0 Å². The number of hydrogen-bond acceptors (Lipinski definition) is 2. The lowest BCUT2D eigenvalue weighted by Gasteiger charge is -2.32. The molecule has 0 N–H and O–H groups in total. The van der Waals surface area contributed by atoms with Crippen LogP contribution in [0.3, 0.4) is 0 Å². The van der Waals surface area contributed by atoms with E-state index in [0.29, 0.717) is 6.04 Å². The molecule has 74 valence electrons. The van der Waals surface area contributed by atoms with Gasteiger partial charge in [0.2, 0.25) is 0 Å². The molecule has 1 unspecified atom stereocenters. The van der Waals surface area contributed by atoms with Gasteiger partial charge in [-0.2, -0.15) is 0 Å². The van der Waals surface area contributed by atoms with E-state index in [1.165, 1.54) is 12.8 Å². The Morgan fingerprint density at radius 1 is 1.54 bits per heavy atom. The van der Waals surface area contributed by atoms with E-state index in [4.69, 9.17) is 11.2 Å². The van der Waals surface area contributed by atoms with Gasteiger partial charge in [0, 0.05) is 13.2 Å². The van der Waals surface area contributed by atoms with Crippen molar-refractivity contribution >= 4 is 0 Å². The van der Waals surface area contributed by atoms with Gasteiger partial charge in [0.15, 0.2) is 0 Å². The van der Waals surface area contributed by atoms with Gasteiger partial charge in [-0.15, -0.1) is 6.42 Å². The van der Waals surface area contributed by atoms with Crippen molar-refractivity contribution in [2.75, 3.05) is 26.3 Å². The van der Waals surface area contributed by atoms with E-state index >= 15 is 0 Å². The molecule has 1 heterocycles. The topological polar surface area (TPSA) is 12.5 Å². The highest BCUT2D eigenvalue weighted by molar-refractivity contribution is 5.01. The van der Waals surface area contributed by atoms with Crippen LogP contribution in [0.2, 0.25) is 0 Å². The average Bonchev–Trinajstić information content (AvgIpc) is 2.19. The zero-order valence-electron chi connectivity index (χ0n) is 8.46. The minimum Gasteiger partial charge on any atom is -0.380 e. The van der Waals surface area contributed by atoms with Gasteiger partial charge < -0.3 is 4.74 Å². The fourth-order valence-electron chi connectivity index (χ4n) is 1.77. The molecule has 1 atom stereocenters. The predicted octanol–water partition coefficient (Wildman–Crippen LogP) is 1.51. The Hall–Kier alpha value is -0.520. The molecule has 0 aliphatic carbocycles. The van der Waals surface area contributed by atoms with Crippen LogP contribution < -0.4 is 0 Å². The summed E-state index contributed by atoms with van der Waals surface area (Å²) in [6.45, 7) is 5.77. The van der Waals surface area contributed by atoms with Crippen molar-refractivity contribution in [3.63, 3.8) is 0 Å². The largest absolute Gasteiger partial charge is 0.380 e. The molecule has 0 spiro atoms. The zero-order chi connectivity index (χ0) is 9.52. The molecule has 1 saturated heterocycles. The second-order valence-electron chi connectivity index (χ2n) is 3.41. The van der Waals surface area contributed by atoms with E-state index in [1.807, 2.05) is 6.92 Å². The molecule has 2 nitrogen and oxygen atoms in total. The van der Waals surface area contributed by atoms with E-state index < -0.39 is 0 Å². The molecule has 0 amide bonds. The Bertz CT molecular complexity index is 173. The molecule has 1 rings (SSSR count). The smallest absolute Gasteiger partial charge is 0.0712 e. The third-order valence-corrected chi connectivity index (χ3v) is 2.53. The third-order valence-electron chi connectivity index (χ3n) is 2.53. The SMILES string of the molecule is C#CC1CCCCN1CCOCC. The Morgan fingerprint density at radius 3 is 3.08 bits per heavy atom. The maximum atomic E-state index is 5.47. The standard InChI is InChI=1S/C11H19NO/c1-3-11-7-5-6-8-12(11)9-10-13-4-2/h1,11H,4-10H2,2H3. The average molecular weight is 181 g/mol. The van der Waals surface area contributed by atoms with E-state index in [-0.39, 0.29) is 0 Å². The molecule has 0 aromatic rings. The van der Waals surface area contributed by atoms with Crippen molar-refractivity contribution in [1.82, 2.24) is 4.90 Å². The Labute approximate surface area is 81.3 Å². The van der Waals surface area contributed by atoms with E-state index in [9.17, 15) is 0 Å². The van der Waals surface area contributed by atoms with Crippen LogP contribution >= 0.6 is 0 Å². The quantitative estimate of drug-likeness (QED) is 0.481. The lowest BCUT2D eigenvalue weighted by atomic mass is 10.0. The number of hydrogen-bond donors (Lipinski definition) is 0. The maximum Gasteiger partial charge on any atom is 0.0712 e. The van der Waals surface area contributed by atoms with Gasteiger partial charge in [-0.25, -0.2) is 0 Å². The summed E-state index contributed by atoms with van der Waals surface area (Å²) in [6, 6.07) is 0.356. The molecule has 2 heteroatoms. The number of ether oxygens (including phenoxy) is 1. The van der Waals surface area contributed by atoms with Crippen molar-refractivity contribution in [2.24, 2.45) is 0 Å². The van der Waals surface area contributed by atoms with Crippen molar-refractivity contribution in [3.8, 4) is 12.3 Å². The van der Waals surface area contributed by atoms with E-state index in [0.717, 1.165) is 32.7 Å². The molecule has 13 heavy (non-hydrogen) atoms. The van der Waals surface area contributed by atoms with Crippen LogP contribution in [0.15, 0.2) is 0 Å². The van der Waals surface area contributed by atoms with Crippen LogP contribution in [-0.2, 0) is 4.74 Å². The van der Waals surface area contributed by atoms with Crippen LogP contribution in [0, 0.1) is 12.3 Å². The van der Waals surface area contributed by atoms with Crippen LogP contribution in [0.25, 0.3) is 0 Å². The fourth-order valence-corrected chi connectivity index (χ4v) is 1.77. The van der Waals surface area contributed by atoms with Gasteiger partial charge in [-0.1, -0.05) is 5.92 Å². The van der Waals surface area contributed by atoms with Gasteiger partial charge in [0.25, 0.3) is 0 Å². The molecular weight excluding hydrogens is 162 g/mol. The van der Waals surface area contributed by atoms with E-state index in [2.05, 4.69) is 10.8 Å². The van der Waals surface area contributed by atoms with Gasteiger partial charge in [-0.05, 0) is 32.7 Å². The summed E-state index contributed by atoms with van der Waals surface area (Å²) < 4.78 is 5.32. The highest BCUT2D eigenvalue weighted by atomic mass is 16.5. The summed E-state index contributed by atoms with van der Waals surface area (Å²) in [5, 5.41) is 0. The monoisotopic (exact) mass is 181 g/mol. The summed E-state index contributed by atoms with van der Waals surface area (Å²) in [5.41, 5.74) is 0. The summed E-state index contributed by atoms with van der Waals surface area (Å²) in [4.78, 5) is 2.36. The van der Waals surface area contributed by atoms with Gasteiger partial charge in [-0.3, -0.25) is 4.90 Å². The number of terminal acetylenes is 1. The lowest BCUT2D eigenvalue weighted by molar-refractivity contribution is 0.0922. The molecule has 1 aliphatic rings. The number of likely N-dealkylation sites (tertiary alicyclic amines) is 1. The van der Waals surface area contributed by atoms with Crippen LogP contribution in [0.5, 0.6) is 0 Å². The van der Waals surface area contributed by atoms with Gasteiger partial charge in [0.05, 0.1) is 12.6 Å². The lowest BCUT2D eigenvalue weighted by Crippen LogP contribution is -2.40. The normalized spacial score (nSPS) is 24.2. The van der Waals surface area contributed by atoms with Crippen LogP contribution in [0.4, 0.5) is 0 Å². The first-order valence-corrected chi connectivity index (χ1v) is 5.16. The number of piperidine rings is 1. The molecule has 1 aliphatic heterocycles. The first-order valence-electron chi connectivity index (χ1n) is 5.16. The highest BCUT2D eigenvalue weighted by Gasteiger charge is 2.19. The predicted molar refractivity (Wildman–Crippen MR) is 54.5 cm³/mol. The molecule has 0 bridgehead atoms. The zero-order valence-corrected chi connectivity index (χ0v) is 8.46. The Morgan fingerprint density at radius 2 is 2.38 bits per heavy atom. The minimum atomic E-state index is 0.356. The summed E-state index contributed by atoms with van der Waals surface area (Å²) in [7, 11) is 0. The molecule has 0 saturated carbocycles. The minimum absolute atomic E-state index is 0.356. The van der Waals surface area contributed by atoms with Gasteiger partial charge >= 0.3 is 0 Å². The third kappa shape index (κ3) is 3.38. The van der Waals surface area contributed by atoms with Crippen molar-refractivity contribution < 1.29 is 4.74 Å². The molecule has 1 fully saturated rings. The molecule has 0 aromatic heterocycles. The summed E-state index contributed by atoms with van der Waals surface area (Å²) in [5.74, 6) is 2.85. The summed E-state index contributed by atoms with van der Waals surface area (Å²) in [6.07, 6.45) is 9.18. The van der Waals surface area contributed by atoms with Crippen molar-refractivity contribution in [1.29, 1.82) is 0 Å². The number of rotatable bonds is 4. The fraction of sp³-hybridized carbons (Fsp3) is 0.818. The molecular formula is C11H19NO. The molecule has 0 aromatic carbocycles. The number of nitrogens with zero attached hydrogens (tertiary/aromatic N) is 1. The van der Waals surface area contributed by atoms with Crippen LogP contribution in [-0.4, -0.2) is 37.2 Å². The Balaban J connectivity index is 2.24. The Kier molecular flexibility index (Phi) is 4.88. The van der Waals surface area contributed by atoms with Crippen LogP contribution in [0.1, 0.15) is 26.2 Å². The second-order valence-corrected chi connectivity index (χ2v) is 3.41. The molecule has 0 radical (unpaired) electrons. The summed E-state index contributed by atoms with van der Waals surface area (Å²) >= 11 is 0. The first kappa shape index (κ1) is 10.6. The van der Waals surface area contributed by atoms with Gasteiger partial charge in [0.1, 0.15) is 0 Å².